The third-order valence-electron chi connectivity index (χ3n) is 3.04. The lowest BCUT2D eigenvalue weighted by atomic mass is 10.1. The number of anilines is 1. The van der Waals surface area contributed by atoms with Gasteiger partial charge in [0, 0.05) is 18.4 Å². The molecule has 2 rings (SSSR count). The summed E-state index contributed by atoms with van der Waals surface area (Å²) >= 11 is 0. The predicted octanol–water partition coefficient (Wildman–Crippen LogP) is 2.37. The molecule has 6 heteroatoms. The summed E-state index contributed by atoms with van der Waals surface area (Å²) in [4.78, 5) is 0.144. The molecule has 2 aromatic carbocycles. The minimum Gasteiger partial charge on any atom is -0.386 e. The molecular weight excluding hydrogens is 293 g/mol. The van der Waals surface area contributed by atoms with Crippen molar-refractivity contribution < 1.29 is 17.9 Å². The average Bonchev–Trinajstić information content (AvgIpc) is 2.44. The lowest BCUT2D eigenvalue weighted by Crippen LogP contribution is -2.15. The quantitative estimate of drug-likeness (QED) is 0.890. The molecule has 0 aromatic heterocycles. The number of aliphatic hydroxyl groups is 1. The zero-order chi connectivity index (χ0) is 15.5. The van der Waals surface area contributed by atoms with E-state index < -0.39 is 21.8 Å². The Labute approximate surface area is 123 Å². The second-order valence-corrected chi connectivity index (χ2v) is 6.67. The molecule has 0 bridgehead atoms. The number of hydrogen-bond acceptors (Lipinski definition) is 4. The van der Waals surface area contributed by atoms with Crippen LogP contribution in [0.15, 0.2) is 53.4 Å². The third kappa shape index (κ3) is 3.80. The molecule has 0 aliphatic heterocycles. The fraction of sp³-hybridized carbons (Fsp3) is 0.200. The second-order valence-electron chi connectivity index (χ2n) is 4.69. The first-order valence-electron chi connectivity index (χ1n) is 6.35. The van der Waals surface area contributed by atoms with Crippen LogP contribution in [-0.4, -0.2) is 26.3 Å². The van der Waals surface area contributed by atoms with Crippen LogP contribution in [-0.2, 0) is 9.84 Å². The fourth-order valence-corrected chi connectivity index (χ4v) is 2.86. The SMILES string of the molecule is CS(=O)(=O)c1ccccc1NC[C@H](O)c1ccccc1F. The van der Waals surface area contributed by atoms with Crippen molar-refractivity contribution in [2.24, 2.45) is 0 Å². The smallest absolute Gasteiger partial charge is 0.177 e. The zero-order valence-corrected chi connectivity index (χ0v) is 12.3. The van der Waals surface area contributed by atoms with Gasteiger partial charge in [-0.25, -0.2) is 12.8 Å². The molecule has 0 heterocycles. The summed E-state index contributed by atoms with van der Waals surface area (Å²) in [6.45, 7) is 0.00741. The van der Waals surface area contributed by atoms with Crippen molar-refractivity contribution in [1.82, 2.24) is 0 Å². The van der Waals surface area contributed by atoms with Crippen LogP contribution >= 0.6 is 0 Å². The number of nitrogens with one attached hydrogen (secondary N) is 1. The van der Waals surface area contributed by atoms with Gasteiger partial charge in [0.25, 0.3) is 0 Å². The first-order valence-corrected chi connectivity index (χ1v) is 8.24. The van der Waals surface area contributed by atoms with E-state index in [1.807, 2.05) is 0 Å². The maximum absolute atomic E-state index is 13.6. The van der Waals surface area contributed by atoms with Crippen molar-refractivity contribution in [1.29, 1.82) is 0 Å². The number of sulfone groups is 1. The molecule has 2 aromatic rings. The number of halogens is 1. The summed E-state index contributed by atoms with van der Waals surface area (Å²) in [6, 6.07) is 12.3. The average molecular weight is 309 g/mol. The molecule has 1 atom stereocenters. The van der Waals surface area contributed by atoms with Crippen LogP contribution in [0.5, 0.6) is 0 Å². The number of para-hydroxylation sites is 1. The van der Waals surface area contributed by atoms with E-state index in [9.17, 15) is 17.9 Å². The van der Waals surface area contributed by atoms with Gasteiger partial charge in [-0.05, 0) is 18.2 Å². The van der Waals surface area contributed by atoms with E-state index in [4.69, 9.17) is 0 Å². The monoisotopic (exact) mass is 309 g/mol. The molecular formula is C15H16FNO3S. The molecule has 0 saturated heterocycles. The maximum atomic E-state index is 13.6. The third-order valence-corrected chi connectivity index (χ3v) is 4.19. The molecule has 4 nitrogen and oxygen atoms in total. The van der Waals surface area contributed by atoms with E-state index in [0.29, 0.717) is 5.69 Å². The molecule has 0 aliphatic carbocycles. The number of benzene rings is 2. The number of hydrogen-bond donors (Lipinski definition) is 2. The first kappa shape index (κ1) is 15.5. The summed E-state index contributed by atoms with van der Waals surface area (Å²) in [5, 5.41) is 12.9. The molecule has 21 heavy (non-hydrogen) atoms. The van der Waals surface area contributed by atoms with E-state index in [-0.39, 0.29) is 17.0 Å². The summed E-state index contributed by atoms with van der Waals surface area (Å²) in [7, 11) is -3.37. The van der Waals surface area contributed by atoms with Gasteiger partial charge in [0.05, 0.1) is 16.7 Å². The van der Waals surface area contributed by atoms with E-state index >= 15 is 0 Å². The maximum Gasteiger partial charge on any atom is 0.177 e. The Morgan fingerprint density at radius 1 is 1.14 bits per heavy atom. The van der Waals surface area contributed by atoms with E-state index in [2.05, 4.69) is 5.32 Å². The first-order chi connectivity index (χ1) is 9.89. The van der Waals surface area contributed by atoms with Crippen molar-refractivity contribution >= 4 is 15.5 Å². The van der Waals surface area contributed by atoms with Crippen molar-refractivity contribution in [3.63, 3.8) is 0 Å². The van der Waals surface area contributed by atoms with Crippen molar-refractivity contribution in [3.8, 4) is 0 Å². The van der Waals surface area contributed by atoms with E-state index in [0.717, 1.165) is 6.26 Å². The molecule has 0 unspecified atom stereocenters. The highest BCUT2D eigenvalue weighted by Crippen LogP contribution is 2.22. The van der Waals surface area contributed by atoms with Crippen LogP contribution in [0, 0.1) is 5.82 Å². The largest absolute Gasteiger partial charge is 0.386 e. The summed E-state index contributed by atoms with van der Waals surface area (Å²) in [6.07, 6.45) is 0.0414. The van der Waals surface area contributed by atoms with Gasteiger partial charge >= 0.3 is 0 Å². The zero-order valence-electron chi connectivity index (χ0n) is 11.5. The lowest BCUT2D eigenvalue weighted by molar-refractivity contribution is 0.186. The molecule has 0 radical (unpaired) electrons. The topological polar surface area (TPSA) is 66.4 Å². The molecule has 0 saturated carbocycles. The Balaban J connectivity index is 2.16. The Morgan fingerprint density at radius 3 is 2.43 bits per heavy atom. The van der Waals surface area contributed by atoms with E-state index in [1.165, 1.54) is 24.3 Å². The van der Waals surface area contributed by atoms with Gasteiger partial charge in [-0.1, -0.05) is 30.3 Å². The fourth-order valence-electron chi connectivity index (χ4n) is 2.00. The van der Waals surface area contributed by atoms with Gasteiger partial charge in [0.1, 0.15) is 5.82 Å². The Bertz CT molecular complexity index is 731. The molecule has 2 N–H and O–H groups in total. The minimum absolute atomic E-state index is 0.00741. The minimum atomic E-state index is -3.37. The van der Waals surface area contributed by atoms with Gasteiger partial charge in [0.15, 0.2) is 9.84 Å². The molecule has 112 valence electrons. The highest BCUT2D eigenvalue weighted by Gasteiger charge is 2.15. The number of aliphatic hydroxyl groups excluding tert-OH is 1. The van der Waals surface area contributed by atoms with Gasteiger partial charge in [-0.3, -0.25) is 0 Å². The van der Waals surface area contributed by atoms with Crippen LogP contribution < -0.4 is 5.32 Å². The van der Waals surface area contributed by atoms with Crippen molar-refractivity contribution in [3.05, 3.63) is 59.9 Å². The Hall–Kier alpha value is -1.92. The van der Waals surface area contributed by atoms with Crippen LogP contribution in [0.3, 0.4) is 0 Å². The molecule has 0 amide bonds. The second kappa shape index (κ2) is 6.24. The van der Waals surface area contributed by atoms with Crippen molar-refractivity contribution in [2.45, 2.75) is 11.0 Å². The van der Waals surface area contributed by atoms with Gasteiger partial charge in [0.2, 0.25) is 0 Å². The highest BCUT2D eigenvalue weighted by molar-refractivity contribution is 7.90. The normalized spacial score (nSPS) is 12.9. The Morgan fingerprint density at radius 2 is 1.76 bits per heavy atom. The van der Waals surface area contributed by atoms with E-state index in [1.54, 1.807) is 24.3 Å². The summed E-state index contributed by atoms with van der Waals surface area (Å²) < 4.78 is 36.9. The number of rotatable bonds is 5. The van der Waals surface area contributed by atoms with Gasteiger partial charge < -0.3 is 10.4 Å². The lowest BCUT2D eigenvalue weighted by Gasteiger charge is -2.15. The summed E-state index contributed by atoms with van der Waals surface area (Å²) in [5.41, 5.74) is 0.553. The van der Waals surface area contributed by atoms with Gasteiger partial charge in [-0.2, -0.15) is 0 Å². The highest BCUT2D eigenvalue weighted by atomic mass is 32.2. The summed E-state index contributed by atoms with van der Waals surface area (Å²) in [5.74, 6) is -0.497. The molecule has 0 fully saturated rings. The van der Waals surface area contributed by atoms with Crippen LogP contribution in [0.25, 0.3) is 0 Å². The molecule has 0 spiro atoms. The van der Waals surface area contributed by atoms with Crippen LogP contribution in [0.2, 0.25) is 0 Å². The molecule has 0 aliphatic rings. The predicted molar refractivity (Wildman–Crippen MR) is 79.4 cm³/mol. The Kier molecular flexibility index (Phi) is 4.59. The van der Waals surface area contributed by atoms with Crippen molar-refractivity contribution in [2.75, 3.05) is 18.1 Å². The van der Waals surface area contributed by atoms with Gasteiger partial charge in [-0.15, -0.1) is 0 Å². The van der Waals surface area contributed by atoms with Crippen LogP contribution in [0.4, 0.5) is 10.1 Å². The standard InChI is InChI=1S/C15H16FNO3S/c1-21(19,20)15-9-5-4-8-13(15)17-10-14(18)11-6-2-3-7-12(11)16/h2-9,14,17-18H,10H2,1H3/t14-/m0/s1. The van der Waals surface area contributed by atoms with Crippen LogP contribution in [0.1, 0.15) is 11.7 Å².